The number of benzene rings is 1. The van der Waals surface area contributed by atoms with Crippen molar-refractivity contribution in [1.82, 2.24) is 10.2 Å². The Labute approximate surface area is 147 Å². The molecular formula is C18H26F3N3O. The first-order valence-corrected chi connectivity index (χ1v) is 8.56. The van der Waals surface area contributed by atoms with E-state index in [2.05, 4.69) is 10.3 Å². The summed E-state index contributed by atoms with van der Waals surface area (Å²) in [5, 5.41) is 3.14. The van der Waals surface area contributed by atoms with E-state index in [9.17, 15) is 13.2 Å². The Morgan fingerprint density at radius 3 is 2.68 bits per heavy atom. The molecule has 1 N–H and O–H groups in total. The summed E-state index contributed by atoms with van der Waals surface area (Å²) in [4.78, 5) is 6.24. The quantitative estimate of drug-likeness (QED) is 0.647. The molecule has 1 saturated heterocycles. The summed E-state index contributed by atoms with van der Waals surface area (Å²) in [6.45, 7) is 2.82. The van der Waals surface area contributed by atoms with Crippen molar-refractivity contribution in [2.45, 2.75) is 32.0 Å². The van der Waals surface area contributed by atoms with Gasteiger partial charge in [0.15, 0.2) is 5.96 Å². The van der Waals surface area contributed by atoms with Crippen molar-refractivity contribution in [1.29, 1.82) is 0 Å². The van der Waals surface area contributed by atoms with Crippen LogP contribution in [0.1, 0.15) is 30.4 Å². The fourth-order valence-corrected chi connectivity index (χ4v) is 2.94. The molecule has 0 unspecified atom stereocenters. The highest BCUT2D eigenvalue weighted by Crippen LogP contribution is 2.29. The minimum Gasteiger partial charge on any atom is -0.381 e. The number of hydrogen-bond donors (Lipinski definition) is 1. The van der Waals surface area contributed by atoms with Crippen molar-refractivity contribution in [3.8, 4) is 0 Å². The van der Waals surface area contributed by atoms with Gasteiger partial charge in [0.25, 0.3) is 0 Å². The van der Waals surface area contributed by atoms with Crippen LogP contribution < -0.4 is 5.32 Å². The smallest absolute Gasteiger partial charge is 0.381 e. The second kappa shape index (κ2) is 9.08. The van der Waals surface area contributed by atoms with Gasteiger partial charge in [0.05, 0.1) is 5.56 Å². The zero-order chi connectivity index (χ0) is 18.3. The van der Waals surface area contributed by atoms with E-state index in [4.69, 9.17) is 4.74 Å². The predicted molar refractivity (Wildman–Crippen MR) is 92.4 cm³/mol. The van der Waals surface area contributed by atoms with Gasteiger partial charge in [-0.3, -0.25) is 4.99 Å². The first-order valence-electron chi connectivity index (χ1n) is 8.56. The second-order valence-corrected chi connectivity index (χ2v) is 6.36. The van der Waals surface area contributed by atoms with Crippen LogP contribution >= 0.6 is 0 Å². The molecule has 4 nitrogen and oxygen atoms in total. The second-order valence-electron chi connectivity index (χ2n) is 6.36. The molecule has 0 radical (unpaired) electrons. The molecule has 1 aromatic carbocycles. The fourth-order valence-electron chi connectivity index (χ4n) is 2.94. The van der Waals surface area contributed by atoms with Gasteiger partial charge >= 0.3 is 6.18 Å². The molecule has 1 aliphatic heterocycles. The number of nitrogens with one attached hydrogen (secondary N) is 1. The molecule has 1 fully saturated rings. The van der Waals surface area contributed by atoms with E-state index in [1.165, 1.54) is 12.1 Å². The van der Waals surface area contributed by atoms with Gasteiger partial charge in [-0.05, 0) is 42.9 Å². The van der Waals surface area contributed by atoms with Crippen LogP contribution in [0.4, 0.5) is 13.2 Å². The standard InChI is InChI=1S/C18H26F3N3O/c1-22-17(24(2)9-6-14-7-10-25-11-8-14)23-13-15-4-3-5-16(12-15)18(19,20)21/h3-5,12,14H,6-11,13H2,1-2H3,(H,22,23). The maximum atomic E-state index is 12.8. The highest BCUT2D eigenvalue weighted by molar-refractivity contribution is 5.79. The van der Waals surface area contributed by atoms with Gasteiger partial charge in [0.2, 0.25) is 0 Å². The molecule has 0 spiro atoms. The summed E-state index contributed by atoms with van der Waals surface area (Å²) in [5.74, 6) is 1.35. The summed E-state index contributed by atoms with van der Waals surface area (Å²) in [6, 6.07) is 5.36. The maximum Gasteiger partial charge on any atom is 0.416 e. The number of guanidine groups is 1. The predicted octanol–water partition coefficient (Wildman–Crippen LogP) is 3.53. The summed E-state index contributed by atoms with van der Waals surface area (Å²) >= 11 is 0. The van der Waals surface area contributed by atoms with E-state index in [0.29, 0.717) is 24.0 Å². The summed E-state index contributed by atoms with van der Waals surface area (Å²) < 4.78 is 43.7. The van der Waals surface area contributed by atoms with Gasteiger partial charge in [-0.25, -0.2) is 0 Å². The van der Waals surface area contributed by atoms with Gasteiger partial charge in [0.1, 0.15) is 0 Å². The van der Waals surface area contributed by atoms with E-state index in [1.807, 2.05) is 11.9 Å². The van der Waals surface area contributed by atoms with Crippen LogP contribution in [0.5, 0.6) is 0 Å². The van der Waals surface area contributed by atoms with Gasteiger partial charge in [0, 0.05) is 40.4 Å². The van der Waals surface area contributed by atoms with E-state index < -0.39 is 11.7 Å². The Morgan fingerprint density at radius 1 is 1.32 bits per heavy atom. The Morgan fingerprint density at radius 2 is 2.04 bits per heavy atom. The third-order valence-electron chi connectivity index (χ3n) is 4.49. The lowest BCUT2D eigenvalue weighted by molar-refractivity contribution is -0.137. The summed E-state index contributed by atoms with van der Waals surface area (Å²) in [6.07, 6.45) is -1.09. The Bertz CT molecular complexity index is 569. The number of hydrogen-bond acceptors (Lipinski definition) is 2. The van der Waals surface area contributed by atoms with E-state index in [-0.39, 0.29) is 0 Å². The molecular weight excluding hydrogens is 331 g/mol. The van der Waals surface area contributed by atoms with Gasteiger partial charge in [-0.1, -0.05) is 12.1 Å². The van der Waals surface area contributed by atoms with Crippen LogP contribution in [-0.2, 0) is 17.5 Å². The Hall–Kier alpha value is -1.76. The van der Waals surface area contributed by atoms with Crippen LogP contribution in [0.2, 0.25) is 0 Å². The minimum absolute atomic E-state index is 0.304. The number of aliphatic imine (C=N–C) groups is 1. The first kappa shape index (κ1) is 19.6. The van der Waals surface area contributed by atoms with Crippen molar-refractivity contribution in [2.75, 3.05) is 33.9 Å². The third kappa shape index (κ3) is 6.23. The zero-order valence-corrected chi connectivity index (χ0v) is 14.8. The first-order chi connectivity index (χ1) is 11.9. The lowest BCUT2D eigenvalue weighted by Crippen LogP contribution is -2.39. The van der Waals surface area contributed by atoms with Crippen molar-refractivity contribution in [2.24, 2.45) is 10.9 Å². The average molecular weight is 357 g/mol. The Balaban J connectivity index is 1.85. The lowest BCUT2D eigenvalue weighted by atomic mass is 9.96. The van der Waals surface area contributed by atoms with Crippen molar-refractivity contribution >= 4 is 5.96 Å². The average Bonchev–Trinajstić information content (AvgIpc) is 2.61. The van der Waals surface area contributed by atoms with Crippen LogP contribution in [0.3, 0.4) is 0 Å². The number of halogens is 3. The molecule has 1 aromatic rings. The molecule has 2 rings (SSSR count). The van der Waals surface area contributed by atoms with E-state index >= 15 is 0 Å². The normalized spacial score (nSPS) is 16.8. The van der Waals surface area contributed by atoms with Crippen LogP contribution in [0.25, 0.3) is 0 Å². The highest BCUT2D eigenvalue weighted by Gasteiger charge is 2.30. The molecule has 25 heavy (non-hydrogen) atoms. The third-order valence-corrected chi connectivity index (χ3v) is 4.49. The Kier molecular flexibility index (Phi) is 7.11. The van der Waals surface area contributed by atoms with Crippen LogP contribution in [-0.4, -0.2) is 44.7 Å². The van der Waals surface area contributed by atoms with Crippen molar-refractivity contribution in [3.05, 3.63) is 35.4 Å². The van der Waals surface area contributed by atoms with Gasteiger partial charge in [-0.2, -0.15) is 13.2 Å². The maximum absolute atomic E-state index is 12.8. The topological polar surface area (TPSA) is 36.9 Å². The van der Waals surface area contributed by atoms with Crippen molar-refractivity contribution in [3.63, 3.8) is 0 Å². The lowest BCUT2D eigenvalue weighted by Gasteiger charge is -2.27. The highest BCUT2D eigenvalue weighted by atomic mass is 19.4. The van der Waals surface area contributed by atoms with E-state index in [1.54, 1.807) is 13.1 Å². The van der Waals surface area contributed by atoms with Crippen molar-refractivity contribution < 1.29 is 17.9 Å². The molecule has 0 saturated carbocycles. The molecule has 0 bridgehead atoms. The molecule has 0 atom stereocenters. The molecule has 1 aliphatic rings. The molecule has 7 heteroatoms. The zero-order valence-electron chi connectivity index (χ0n) is 14.8. The molecule has 0 amide bonds. The minimum atomic E-state index is -4.32. The molecule has 0 aromatic heterocycles. The number of ether oxygens (including phenoxy) is 1. The van der Waals surface area contributed by atoms with Gasteiger partial charge in [-0.15, -0.1) is 0 Å². The monoisotopic (exact) mass is 357 g/mol. The molecule has 1 heterocycles. The SMILES string of the molecule is CN=C(NCc1cccc(C(F)(F)F)c1)N(C)CCC1CCOCC1. The van der Waals surface area contributed by atoms with Gasteiger partial charge < -0.3 is 15.0 Å². The molecule has 0 aliphatic carbocycles. The molecule has 140 valence electrons. The van der Waals surface area contributed by atoms with Crippen LogP contribution in [0, 0.1) is 5.92 Å². The van der Waals surface area contributed by atoms with E-state index in [0.717, 1.165) is 45.1 Å². The van der Waals surface area contributed by atoms with Crippen LogP contribution in [0.15, 0.2) is 29.3 Å². The number of nitrogens with zero attached hydrogens (tertiary/aromatic N) is 2. The number of rotatable bonds is 5. The summed E-state index contributed by atoms with van der Waals surface area (Å²) in [7, 11) is 3.63. The number of alkyl halides is 3. The largest absolute Gasteiger partial charge is 0.416 e. The summed E-state index contributed by atoms with van der Waals surface area (Å²) in [5.41, 5.74) is -0.0523. The fraction of sp³-hybridized carbons (Fsp3) is 0.611.